The Labute approximate surface area is 188 Å². The molecule has 1 unspecified atom stereocenters. The Hall–Kier alpha value is -3.03. The highest BCUT2D eigenvalue weighted by Crippen LogP contribution is 2.28. The number of ether oxygens (including phenoxy) is 2. The van der Waals surface area contributed by atoms with Gasteiger partial charge in [0, 0.05) is 38.1 Å². The molecule has 4 rings (SSSR count). The molecule has 0 spiro atoms. The van der Waals surface area contributed by atoms with E-state index in [9.17, 15) is 4.79 Å². The van der Waals surface area contributed by atoms with E-state index in [-0.39, 0.29) is 11.9 Å². The van der Waals surface area contributed by atoms with E-state index >= 15 is 0 Å². The minimum Gasteiger partial charge on any atom is -0.493 e. The summed E-state index contributed by atoms with van der Waals surface area (Å²) in [5, 5.41) is 4.12. The molecule has 1 fully saturated rings. The van der Waals surface area contributed by atoms with Gasteiger partial charge < -0.3 is 19.2 Å². The van der Waals surface area contributed by atoms with Crippen LogP contribution in [0, 0.1) is 0 Å². The van der Waals surface area contributed by atoms with Gasteiger partial charge in [0.25, 0.3) is 0 Å². The monoisotopic (exact) mass is 437 g/mol. The molecular formula is C25H31N3O4. The second-order valence-corrected chi connectivity index (χ2v) is 8.22. The second kappa shape index (κ2) is 10.1. The van der Waals surface area contributed by atoms with Crippen LogP contribution in [0.1, 0.15) is 24.3 Å². The number of hydrogen-bond acceptors (Lipinski definition) is 6. The van der Waals surface area contributed by atoms with Crippen LogP contribution < -0.4 is 14.8 Å². The number of hydrogen-bond donors (Lipinski definition) is 1. The number of rotatable bonds is 8. The summed E-state index contributed by atoms with van der Waals surface area (Å²) in [5.41, 5.74) is 2.03. The Balaban J connectivity index is 1.24. The number of methoxy groups -OCH3 is 2. The molecule has 0 aliphatic carbocycles. The molecule has 32 heavy (non-hydrogen) atoms. The largest absolute Gasteiger partial charge is 0.493 e. The summed E-state index contributed by atoms with van der Waals surface area (Å²) < 4.78 is 16.6. The van der Waals surface area contributed by atoms with Crippen molar-refractivity contribution in [1.82, 2.24) is 15.1 Å². The number of carbonyl (C=O) groups excluding carboxylic acids is 1. The maximum absolute atomic E-state index is 12.6. The highest BCUT2D eigenvalue weighted by Gasteiger charge is 2.21. The van der Waals surface area contributed by atoms with Crippen molar-refractivity contribution in [3.63, 3.8) is 0 Å². The fraction of sp³-hybridized carbons (Fsp3) is 0.400. The van der Waals surface area contributed by atoms with Gasteiger partial charge in [-0.25, -0.2) is 0 Å². The first-order valence-electron chi connectivity index (χ1n) is 11.0. The summed E-state index contributed by atoms with van der Waals surface area (Å²) >= 11 is 0. The average molecular weight is 438 g/mol. The molecule has 0 saturated carbocycles. The maximum Gasteiger partial charge on any atom is 0.234 e. The molecule has 7 heteroatoms. The van der Waals surface area contributed by atoms with Crippen molar-refractivity contribution >= 4 is 16.9 Å². The van der Waals surface area contributed by atoms with E-state index in [0.717, 1.165) is 61.0 Å². The van der Waals surface area contributed by atoms with Gasteiger partial charge >= 0.3 is 0 Å². The molecule has 1 saturated heterocycles. The summed E-state index contributed by atoms with van der Waals surface area (Å²) in [5.74, 6) is 2.29. The smallest absolute Gasteiger partial charge is 0.234 e. The molecule has 1 aromatic heterocycles. The summed E-state index contributed by atoms with van der Waals surface area (Å²) in [7, 11) is 3.30. The van der Waals surface area contributed by atoms with Gasteiger partial charge in [0.1, 0.15) is 11.3 Å². The number of nitrogens with one attached hydrogen (secondary N) is 1. The van der Waals surface area contributed by atoms with Gasteiger partial charge in [-0.1, -0.05) is 24.3 Å². The van der Waals surface area contributed by atoms with Gasteiger partial charge in [0.15, 0.2) is 11.5 Å². The molecule has 1 atom stereocenters. The quantitative estimate of drug-likeness (QED) is 0.582. The van der Waals surface area contributed by atoms with Crippen molar-refractivity contribution < 1.29 is 18.7 Å². The predicted octanol–water partition coefficient (Wildman–Crippen LogP) is 3.45. The predicted molar refractivity (Wildman–Crippen MR) is 124 cm³/mol. The van der Waals surface area contributed by atoms with Crippen molar-refractivity contribution in [2.45, 2.75) is 19.5 Å². The fourth-order valence-corrected chi connectivity index (χ4v) is 4.12. The van der Waals surface area contributed by atoms with Crippen molar-refractivity contribution in [3.05, 3.63) is 59.9 Å². The van der Waals surface area contributed by atoms with Crippen LogP contribution in [0.15, 0.2) is 52.9 Å². The summed E-state index contributed by atoms with van der Waals surface area (Å²) in [4.78, 5) is 17.2. The SMILES string of the molecule is COc1ccc(CN2CCN(CC(=O)NC(C)c3cc4ccccc4o3)CC2)cc1OC. The molecule has 1 aliphatic heterocycles. The molecular weight excluding hydrogens is 406 g/mol. The minimum atomic E-state index is -0.166. The van der Waals surface area contributed by atoms with Gasteiger partial charge in [0.2, 0.25) is 5.91 Å². The Kier molecular flexibility index (Phi) is 6.97. The summed E-state index contributed by atoms with van der Waals surface area (Å²) in [6.45, 7) is 6.76. The molecule has 3 aromatic rings. The van der Waals surface area contributed by atoms with E-state index in [2.05, 4.69) is 21.2 Å². The van der Waals surface area contributed by atoms with Crippen LogP contribution in [0.5, 0.6) is 11.5 Å². The molecule has 170 valence electrons. The van der Waals surface area contributed by atoms with E-state index in [1.165, 1.54) is 5.56 Å². The number of fused-ring (bicyclic) bond motifs is 1. The topological polar surface area (TPSA) is 67.2 Å². The van der Waals surface area contributed by atoms with Crippen LogP contribution in [-0.2, 0) is 11.3 Å². The number of benzene rings is 2. The maximum atomic E-state index is 12.6. The van der Waals surface area contributed by atoms with Crippen LogP contribution in [0.25, 0.3) is 11.0 Å². The van der Waals surface area contributed by atoms with Crippen LogP contribution in [0.3, 0.4) is 0 Å². The number of nitrogens with zero attached hydrogens (tertiary/aromatic N) is 2. The van der Waals surface area contributed by atoms with Crippen molar-refractivity contribution in [2.24, 2.45) is 0 Å². The number of para-hydroxylation sites is 1. The molecule has 0 radical (unpaired) electrons. The zero-order chi connectivity index (χ0) is 22.5. The summed E-state index contributed by atoms with van der Waals surface area (Å²) in [6, 6.07) is 15.7. The van der Waals surface area contributed by atoms with Gasteiger partial charge in [0.05, 0.1) is 26.8 Å². The van der Waals surface area contributed by atoms with Crippen LogP contribution >= 0.6 is 0 Å². The van der Waals surface area contributed by atoms with E-state index in [0.29, 0.717) is 6.54 Å². The summed E-state index contributed by atoms with van der Waals surface area (Å²) in [6.07, 6.45) is 0. The van der Waals surface area contributed by atoms with Crippen molar-refractivity contribution in [3.8, 4) is 11.5 Å². The van der Waals surface area contributed by atoms with E-state index in [1.807, 2.05) is 49.4 Å². The average Bonchev–Trinajstić information content (AvgIpc) is 3.25. The highest BCUT2D eigenvalue weighted by molar-refractivity contribution is 5.80. The number of furan rings is 1. The van der Waals surface area contributed by atoms with E-state index < -0.39 is 0 Å². The third kappa shape index (κ3) is 5.23. The van der Waals surface area contributed by atoms with E-state index in [4.69, 9.17) is 13.9 Å². The Morgan fingerprint density at radius 3 is 2.44 bits per heavy atom. The van der Waals surface area contributed by atoms with Gasteiger partial charge in [-0.15, -0.1) is 0 Å². The lowest BCUT2D eigenvalue weighted by Crippen LogP contribution is -2.49. The van der Waals surface area contributed by atoms with Crippen molar-refractivity contribution in [2.75, 3.05) is 46.9 Å². The molecule has 7 nitrogen and oxygen atoms in total. The molecule has 2 aromatic carbocycles. The fourth-order valence-electron chi connectivity index (χ4n) is 4.12. The standard InChI is InChI=1S/C25H31N3O4/c1-18(23-15-20-6-4-5-7-21(20)32-23)26-25(29)17-28-12-10-27(11-13-28)16-19-8-9-22(30-2)24(14-19)31-3/h4-9,14-15,18H,10-13,16-17H2,1-3H3,(H,26,29). The van der Waals surface area contributed by atoms with Crippen LogP contribution in [-0.4, -0.2) is 62.7 Å². The first-order valence-corrected chi connectivity index (χ1v) is 11.0. The van der Waals surface area contributed by atoms with Gasteiger partial charge in [-0.05, 0) is 36.8 Å². The lowest BCUT2D eigenvalue weighted by atomic mass is 10.1. The highest BCUT2D eigenvalue weighted by atomic mass is 16.5. The zero-order valence-corrected chi connectivity index (χ0v) is 19.0. The Bertz CT molecular complexity index is 1020. The Morgan fingerprint density at radius 2 is 1.72 bits per heavy atom. The number of piperazine rings is 1. The normalized spacial score (nSPS) is 16.1. The van der Waals surface area contributed by atoms with Crippen LogP contribution in [0.2, 0.25) is 0 Å². The first-order chi connectivity index (χ1) is 15.6. The zero-order valence-electron chi connectivity index (χ0n) is 19.0. The van der Waals surface area contributed by atoms with Gasteiger partial charge in [-0.2, -0.15) is 0 Å². The third-order valence-electron chi connectivity index (χ3n) is 5.94. The van der Waals surface area contributed by atoms with Crippen LogP contribution in [0.4, 0.5) is 0 Å². The van der Waals surface area contributed by atoms with E-state index in [1.54, 1.807) is 14.2 Å². The second-order valence-electron chi connectivity index (χ2n) is 8.22. The minimum absolute atomic E-state index is 0.0197. The lowest BCUT2D eigenvalue weighted by Gasteiger charge is -2.34. The number of amides is 1. The van der Waals surface area contributed by atoms with Crippen molar-refractivity contribution in [1.29, 1.82) is 0 Å². The molecule has 0 bridgehead atoms. The third-order valence-corrected chi connectivity index (χ3v) is 5.94. The lowest BCUT2D eigenvalue weighted by molar-refractivity contribution is -0.123. The molecule has 1 N–H and O–H groups in total. The molecule has 2 heterocycles. The first kappa shape index (κ1) is 22.2. The molecule has 1 amide bonds. The van der Waals surface area contributed by atoms with Gasteiger partial charge in [-0.3, -0.25) is 14.6 Å². The Morgan fingerprint density at radius 1 is 1.00 bits per heavy atom. The number of carbonyl (C=O) groups is 1. The molecule has 1 aliphatic rings.